The summed E-state index contributed by atoms with van der Waals surface area (Å²) in [5.41, 5.74) is 5.60. The molecule has 7 nitrogen and oxygen atoms in total. The number of carbonyl (C=O) groups excluding carboxylic acids is 1. The number of carbonyl (C=O) groups is 1. The molecule has 0 saturated heterocycles. The molecule has 1 fully saturated rings. The average molecular weight is 326 g/mol. The molecule has 2 heterocycles. The molecule has 3 N–H and O–H groups in total. The molecule has 0 aliphatic heterocycles. The highest BCUT2D eigenvalue weighted by Crippen LogP contribution is 2.38. The molecule has 22 heavy (non-hydrogen) atoms. The van der Waals surface area contributed by atoms with Crippen LogP contribution in [0.5, 0.6) is 0 Å². The largest absolute Gasteiger partial charge is 0.350 e. The van der Waals surface area contributed by atoms with E-state index in [1.165, 1.54) is 9.08 Å². The summed E-state index contributed by atoms with van der Waals surface area (Å²) >= 11 is 0. The summed E-state index contributed by atoms with van der Waals surface area (Å²) in [6, 6.07) is 5.27. The first kappa shape index (κ1) is 16.5. The number of pyridine rings is 1. The van der Waals surface area contributed by atoms with E-state index in [0.29, 0.717) is 18.1 Å². The van der Waals surface area contributed by atoms with Crippen molar-refractivity contribution in [1.29, 1.82) is 0 Å². The second kappa shape index (κ2) is 6.10. The van der Waals surface area contributed by atoms with Gasteiger partial charge in [0.05, 0.1) is 5.54 Å². The maximum absolute atomic E-state index is 12.2. The highest BCUT2D eigenvalue weighted by Gasteiger charge is 2.41. The van der Waals surface area contributed by atoms with Crippen molar-refractivity contribution >= 4 is 24.0 Å². The number of hydrogen-bond donors (Lipinski definition) is 2. The van der Waals surface area contributed by atoms with Crippen LogP contribution in [0.1, 0.15) is 19.8 Å². The third-order valence-electron chi connectivity index (χ3n) is 4.11. The van der Waals surface area contributed by atoms with Crippen LogP contribution in [0.4, 0.5) is 0 Å². The van der Waals surface area contributed by atoms with E-state index in [1.807, 2.05) is 6.92 Å². The lowest BCUT2D eigenvalue weighted by Gasteiger charge is -2.29. The van der Waals surface area contributed by atoms with Gasteiger partial charge in [-0.1, -0.05) is 6.07 Å². The second-order valence-electron chi connectivity index (χ2n) is 5.81. The average Bonchev–Trinajstić information content (AvgIpc) is 3.27. The smallest absolute Gasteiger partial charge is 0.348 e. The molecule has 120 valence electrons. The van der Waals surface area contributed by atoms with E-state index in [9.17, 15) is 9.59 Å². The van der Waals surface area contributed by atoms with Crippen molar-refractivity contribution in [2.45, 2.75) is 31.8 Å². The van der Waals surface area contributed by atoms with Crippen molar-refractivity contribution in [3.8, 4) is 0 Å². The van der Waals surface area contributed by atoms with Gasteiger partial charge in [-0.3, -0.25) is 9.20 Å². The Morgan fingerprint density at radius 1 is 1.50 bits per heavy atom. The molecule has 3 rings (SSSR count). The van der Waals surface area contributed by atoms with Gasteiger partial charge in [-0.25, -0.2) is 9.48 Å². The lowest BCUT2D eigenvalue weighted by molar-refractivity contribution is -0.123. The van der Waals surface area contributed by atoms with E-state index in [-0.39, 0.29) is 36.1 Å². The van der Waals surface area contributed by atoms with Crippen LogP contribution in [-0.2, 0) is 11.3 Å². The van der Waals surface area contributed by atoms with E-state index >= 15 is 0 Å². The molecule has 0 radical (unpaired) electrons. The molecule has 1 aliphatic rings. The molecule has 0 spiro atoms. The van der Waals surface area contributed by atoms with Crippen LogP contribution in [0.3, 0.4) is 0 Å². The Labute approximate surface area is 133 Å². The Bertz CT molecular complexity index is 736. The van der Waals surface area contributed by atoms with E-state index in [0.717, 1.165) is 12.8 Å². The summed E-state index contributed by atoms with van der Waals surface area (Å²) in [6.45, 7) is 2.25. The van der Waals surface area contributed by atoms with Gasteiger partial charge in [0.15, 0.2) is 5.65 Å². The molecule has 1 unspecified atom stereocenters. The SMILES string of the molecule is CC(CN)(NC(=O)Cn1nc2ccccn2c1=O)C1CC1.Cl. The van der Waals surface area contributed by atoms with Gasteiger partial charge in [0.1, 0.15) is 6.54 Å². The minimum Gasteiger partial charge on any atom is -0.348 e. The fourth-order valence-electron chi connectivity index (χ4n) is 2.61. The molecule has 2 aromatic heterocycles. The van der Waals surface area contributed by atoms with Gasteiger partial charge in [-0.2, -0.15) is 0 Å². The summed E-state index contributed by atoms with van der Waals surface area (Å²) in [7, 11) is 0. The lowest BCUT2D eigenvalue weighted by Crippen LogP contribution is -2.54. The maximum atomic E-state index is 12.2. The van der Waals surface area contributed by atoms with Crippen LogP contribution in [0.25, 0.3) is 5.65 Å². The fourth-order valence-corrected chi connectivity index (χ4v) is 2.61. The van der Waals surface area contributed by atoms with Crippen molar-refractivity contribution < 1.29 is 4.79 Å². The van der Waals surface area contributed by atoms with Gasteiger partial charge in [-0.05, 0) is 37.8 Å². The molecule has 0 aromatic carbocycles. The van der Waals surface area contributed by atoms with Crippen molar-refractivity contribution in [1.82, 2.24) is 19.5 Å². The Morgan fingerprint density at radius 2 is 2.23 bits per heavy atom. The Hall–Kier alpha value is -1.86. The quantitative estimate of drug-likeness (QED) is 0.819. The molecule has 8 heteroatoms. The van der Waals surface area contributed by atoms with Crippen molar-refractivity contribution in [3.05, 3.63) is 34.9 Å². The number of amides is 1. The summed E-state index contributed by atoms with van der Waals surface area (Å²) in [4.78, 5) is 24.3. The van der Waals surface area contributed by atoms with Crippen molar-refractivity contribution in [2.75, 3.05) is 6.54 Å². The number of hydrogen-bond acceptors (Lipinski definition) is 4. The first-order chi connectivity index (χ1) is 10.0. The zero-order valence-electron chi connectivity index (χ0n) is 12.4. The highest BCUT2D eigenvalue weighted by molar-refractivity contribution is 5.85. The zero-order valence-corrected chi connectivity index (χ0v) is 13.2. The van der Waals surface area contributed by atoms with Crippen LogP contribution < -0.4 is 16.7 Å². The van der Waals surface area contributed by atoms with Crippen molar-refractivity contribution in [2.24, 2.45) is 11.7 Å². The van der Waals surface area contributed by atoms with Crippen LogP contribution in [-0.4, -0.2) is 32.2 Å². The van der Waals surface area contributed by atoms with Crippen molar-refractivity contribution in [3.63, 3.8) is 0 Å². The number of nitrogens with one attached hydrogen (secondary N) is 1. The first-order valence-corrected chi connectivity index (χ1v) is 7.09. The van der Waals surface area contributed by atoms with Crippen LogP contribution in [0, 0.1) is 5.92 Å². The van der Waals surface area contributed by atoms with Gasteiger partial charge in [0, 0.05) is 12.7 Å². The Morgan fingerprint density at radius 3 is 2.82 bits per heavy atom. The molecule has 1 aliphatic carbocycles. The van der Waals surface area contributed by atoms with Crippen LogP contribution in [0.2, 0.25) is 0 Å². The minimum atomic E-state index is -0.389. The molecule has 1 saturated carbocycles. The Balaban J connectivity index is 0.00000176. The predicted molar refractivity (Wildman–Crippen MR) is 85.0 cm³/mol. The minimum absolute atomic E-state index is 0. The lowest BCUT2D eigenvalue weighted by atomic mass is 9.96. The first-order valence-electron chi connectivity index (χ1n) is 7.09. The number of rotatable bonds is 5. The third kappa shape index (κ3) is 3.00. The maximum Gasteiger partial charge on any atom is 0.350 e. The molecule has 1 atom stereocenters. The highest BCUT2D eigenvalue weighted by atomic mass is 35.5. The number of nitrogens with zero attached hydrogens (tertiary/aromatic N) is 3. The van der Waals surface area contributed by atoms with Crippen LogP contribution in [0.15, 0.2) is 29.2 Å². The summed E-state index contributed by atoms with van der Waals surface area (Å²) in [5.74, 6) is 0.199. The monoisotopic (exact) mass is 325 g/mol. The number of aromatic nitrogens is 3. The third-order valence-corrected chi connectivity index (χ3v) is 4.11. The van der Waals surface area contributed by atoms with Gasteiger partial charge >= 0.3 is 5.69 Å². The Kier molecular flexibility index (Phi) is 4.58. The molecule has 1 amide bonds. The normalized spacial score (nSPS) is 16.8. The van der Waals surface area contributed by atoms with Gasteiger partial charge in [0.25, 0.3) is 0 Å². The second-order valence-corrected chi connectivity index (χ2v) is 5.81. The van der Waals surface area contributed by atoms with Gasteiger partial charge < -0.3 is 11.1 Å². The zero-order chi connectivity index (χ0) is 15.0. The molecule has 2 aromatic rings. The van der Waals surface area contributed by atoms with Gasteiger partial charge in [-0.15, -0.1) is 17.5 Å². The number of nitrogens with two attached hydrogens (primary N) is 1. The van der Waals surface area contributed by atoms with E-state index in [4.69, 9.17) is 5.73 Å². The molecular formula is C14H20ClN5O2. The van der Waals surface area contributed by atoms with Gasteiger partial charge in [0.2, 0.25) is 5.91 Å². The standard InChI is InChI=1S/C14H19N5O2.ClH/c1-14(9-15,10-5-6-10)16-12(20)8-19-13(21)18-7-3-2-4-11(18)17-19;/h2-4,7,10H,5-6,8-9,15H2,1H3,(H,16,20);1H. The summed E-state index contributed by atoms with van der Waals surface area (Å²) in [5, 5.41) is 7.10. The molecule has 0 bridgehead atoms. The van der Waals surface area contributed by atoms with E-state index < -0.39 is 0 Å². The summed E-state index contributed by atoms with van der Waals surface area (Å²) < 4.78 is 2.59. The molecular weight excluding hydrogens is 306 g/mol. The fraction of sp³-hybridized carbons (Fsp3) is 0.500. The predicted octanol–water partition coefficient (Wildman–Crippen LogP) is 0.161. The summed E-state index contributed by atoms with van der Waals surface area (Å²) in [6.07, 6.45) is 3.80. The van der Waals surface area contributed by atoms with E-state index in [2.05, 4.69) is 10.4 Å². The number of halogens is 1. The number of fused-ring (bicyclic) bond motifs is 1. The van der Waals surface area contributed by atoms with E-state index in [1.54, 1.807) is 24.4 Å². The topological polar surface area (TPSA) is 94.4 Å². The van der Waals surface area contributed by atoms with Crippen LogP contribution >= 0.6 is 12.4 Å².